The number of carbonyl (C=O) groups excluding carboxylic acids is 2. The molecule has 0 atom stereocenters. The Morgan fingerprint density at radius 1 is 1.23 bits per heavy atom. The van der Waals surface area contributed by atoms with Crippen molar-refractivity contribution in [2.45, 2.75) is 0 Å². The van der Waals surface area contributed by atoms with Gasteiger partial charge in [0.2, 0.25) is 0 Å². The topological polar surface area (TPSA) is 37.4 Å². The van der Waals surface area contributed by atoms with Crippen LogP contribution in [0.3, 0.4) is 0 Å². The number of rotatable bonds is 1. The highest BCUT2D eigenvalue weighted by Gasteiger charge is 2.33. The van der Waals surface area contributed by atoms with Gasteiger partial charge in [-0.1, -0.05) is 12.1 Å². The number of carbonyl (C=O) groups is 2. The predicted molar refractivity (Wildman–Crippen MR) is 47.4 cm³/mol. The Morgan fingerprint density at radius 2 is 1.92 bits per heavy atom. The molecule has 0 saturated carbocycles. The van der Waals surface area contributed by atoms with Gasteiger partial charge in [0.25, 0.3) is 11.7 Å². The van der Waals surface area contributed by atoms with Crippen molar-refractivity contribution in [3.05, 3.63) is 36.8 Å². The zero-order valence-corrected chi connectivity index (χ0v) is 6.86. The second-order valence-electron chi connectivity index (χ2n) is 2.76. The molecule has 0 saturated heterocycles. The molecular weight excluding hydrogens is 166 g/mol. The maximum Gasteiger partial charge on any atom is 0.299 e. The van der Waals surface area contributed by atoms with Gasteiger partial charge in [0.15, 0.2) is 0 Å². The first-order valence-electron chi connectivity index (χ1n) is 3.91. The van der Waals surface area contributed by atoms with Crippen LogP contribution in [0.4, 0.5) is 5.69 Å². The van der Waals surface area contributed by atoms with Gasteiger partial charge in [-0.15, -0.1) is 0 Å². The number of benzene rings is 1. The van der Waals surface area contributed by atoms with Gasteiger partial charge in [0, 0.05) is 6.54 Å². The molecule has 0 aromatic heterocycles. The van der Waals surface area contributed by atoms with Crippen LogP contribution in [-0.2, 0) is 4.79 Å². The molecule has 0 aliphatic carbocycles. The number of fused-ring (bicyclic) bond motifs is 1. The summed E-state index contributed by atoms with van der Waals surface area (Å²) in [6, 6.07) is 6.84. The van der Waals surface area contributed by atoms with Crippen LogP contribution >= 0.6 is 0 Å². The van der Waals surface area contributed by atoms with Gasteiger partial charge in [-0.2, -0.15) is 0 Å². The largest absolute Gasteiger partial charge is 0.304 e. The van der Waals surface area contributed by atoms with E-state index in [2.05, 4.69) is 0 Å². The summed E-state index contributed by atoms with van der Waals surface area (Å²) in [7, 11) is 0. The van der Waals surface area contributed by atoms with E-state index in [0.29, 0.717) is 11.3 Å². The number of hydrogen-bond acceptors (Lipinski definition) is 2. The summed E-state index contributed by atoms with van der Waals surface area (Å²) in [5.74, 6) is -1.01. The molecule has 2 rings (SSSR count). The van der Waals surface area contributed by atoms with Crippen LogP contribution in [0.1, 0.15) is 10.4 Å². The van der Waals surface area contributed by atoms with E-state index in [1.807, 2.05) is 0 Å². The molecule has 1 amide bonds. The van der Waals surface area contributed by atoms with E-state index >= 15 is 0 Å². The fourth-order valence-corrected chi connectivity index (χ4v) is 1.43. The molecule has 3 nitrogen and oxygen atoms in total. The molecule has 0 unspecified atom stereocenters. The molecule has 0 bridgehead atoms. The number of hydrogen-bond donors (Lipinski definition) is 0. The molecule has 1 aliphatic rings. The lowest BCUT2D eigenvalue weighted by Crippen LogP contribution is -2.29. The Balaban J connectivity index is 2.60. The highest BCUT2D eigenvalue weighted by Crippen LogP contribution is 2.27. The average molecular weight is 173 g/mol. The van der Waals surface area contributed by atoms with Crippen molar-refractivity contribution < 1.29 is 9.59 Å². The minimum Gasteiger partial charge on any atom is -0.304 e. The molecule has 64 valence electrons. The van der Waals surface area contributed by atoms with Crippen molar-refractivity contribution in [1.82, 2.24) is 0 Å². The van der Waals surface area contributed by atoms with E-state index in [9.17, 15) is 9.59 Å². The molecule has 3 heteroatoms. The predicted octanol–water partition coefficient (Wildman–Crippen LogP) is 0.927. The van der Waals surface area contributed by atoms with E-state index in [4.69, 9.17) is 6.92 Å². The summed E-state index contributed by atoms with van der Waals surface area (Å²) in [5, 5.41) is 0. The second kappa shape index (κ2) is 2.69. The molecule has 1 aromatic rings. The van der Waals surface area contributed by atoms with E-state index < -0.39 is 11.7 Å². The monoisotopic (exact) mass is 173 g/mol. The van der Waals surface area contributed by atoms with Crippen LogP contribution in [0.5, 0.6) is 0 Å². The van der Waals surface area contributed by atoms with Gasteiger partial charge in [-0.3, -0.25) is 9.59 Å². The van der Waals surface area contributed by atoms with Gasteiger partial charge < -0.3 is 4.90 Å². The Morgan fingerprint density at radius 3 is 2.62 bits per heavy atom. The van der Waals surface area contributed by atoms with Crippen molar-refractivity contribution in [2.24, 2.45) is 0 Å². The van der Waals surface area contributed by atoms with E-state index in [1.165, 1.54) is 4.90 Å². The van der Waals surface area contributed by atoms with E-state index in [1.54, 1.807) is 24.3 Å². The highest BCUT2D eigenvalue weighted by atomic mass is 16.2. The van der Waals surface area contributed by atoms with Crippen LogP contribution in [0.2, 0.25) is 0 Å². The fourth-order valence-electron chi connectivity index (χ4n) is 1.43. The maximum atomic E-state index is 11.3. The van der Waals surface area contributed by atoms with Gasteiger partial charge in [-0.05, 0) is 19.1 Å². The highest BCUT2D eigenvalue weighted by molar-refractivity contribution is 6.52. The van der Waals surface area contributed by atoms with Gasteiger partial charge >= 0.3 is 0 Å². The molecule has 0 spiro atoms. The van der Waals surface area contributed by atoms with Gasteiger partial charge in [0.1, 0.15) is 0 Å². The maximum absolute atomic E-state index is 11.3. The van der Waals surface area contributed by atoms with Crippen molar-refractivity contribution in [2.75, 3.05) is 11.4 Å². The Hall–Kier alpha value is -1.64. The standard InChI is InChI=1S/C10H7NO2/c1-2-11-8-6-4-3-5-7(8)9(12)10(11)13/h1,3-6H,2H2. The molecule has 2 radical (unpaired) electrons. The van der Waals surface area contributed by atoms with Crippen LogP contribution in [0.25, 0.3) is 0 Å². The minimum absolute atomic E-state index is 0.0432. The number of nitrogens with zero attached hydrogens (tertiary/aromatic N) is 1. The first-order valence-corrected chi connectivity index (χ1v) is 3.91. The fraction of sp³-hybridized carbons (Fsp3) is 0.100. The quantitative estimate of drug-likeness (QED) is 0.592. The zero-order valence-electron chi connectivity index (χ0n) is 6.86. The molecule has 1 heterocycles. The van der Waals surface area contributed by atoms with Crippen molar-refractivity contribution >= 4 is 17.4 Å². The Bertz CT molecular complexity index is 384. The Kier molecular flexibility index (Phi) is 1.65. The summed E-state index contributed by atoms with van der Waals surface area (Å²) >= 11 is 0. The molecule has 1 aromatic carbocycles. The molecular formula is C10H7NO2. The summed E-state index contributed by atoms with van der Waals surface area (Å²) < 4.78 is 0. The van der Waals surface area contributed by atoms with Crippen molar-refractivity contribution in [1.29, 1.82) is 0 Å². The lowest BCUT2D eigenvalue weighted by atomic mass is 10.1. The van der Waals surface area contributed by atoms with E-state index in [-0.39, 0.29) is 6.54 Å². The molecule has 0 N–H and O–H groups in total. The lowest BCUT2D eigenvalue weighted by molar-refractivity contribution is -0.114. The zero-order chi connectivity index (χ0) is 9.42. The van der Waals surface area contributed by atoms with Gasteiger partial charge in [-0.25, -0.2) is 0 Å². The number of anilines is 1. The third kappa shape index (κ3) is 0.967. The number of amides is 1. The van der Waals surface area contributed by atoms with Crippen LogP contribution < -0.4 is 4.90 Å². The molecule has 1 aliphatic heterocycles. The second-order valence-corrected chi connectivity index (χ2v) is 2.76. The number of Topliss-reactive ketones (excluding diaryl/α,β-unsaturated/α-hetero) is 1. The number of ketones is 1. The van der Waals surface area contributed by atoms with Crippen molar-refractivity contribution in [3.63, 3.8) is 0 Å². The van der Waals surface area contributed by atoms with Crippen LogP contribution in [0.15, 0.2) is 24.3 Å². The summed E-state index contributed by atoms with van der Waals surface area (Å²) in [6.45, 7) is 5.40. The third-order valence-corrected chi connectivity index (χ3v) is 2.06. The molecule has 0 fully saturated rings. The summed E-state index contributed by atoms with van der Waals surface area (Å²) in [5.41, 5.74) is 1.05. The first-order chi connectivity index (χ1) is 6.25. The van der Waals surface area contributed by atoms with Crippen LogP contribution in [0, 0.1) is 6.92 Å². The summed E-state index contributed by atoms with van der Waals surface area (Å²) in [4.78, 5) is 23.9. The van der Waals surface area contributed by atoms with Crippen LogP contribution in [-0.4, -0.2) is 18.2 Å². The summed E-state index contributed by atoms with van der Waals surface area (Å²) in [6.07, 6.45) is 0. The number of para-hydroxylation sites is 1. The molecule has 13 heavy (non-hydrogen) atoms. The SMILES string of the molecule is [CH]CN1C(=O)C(=O)c2ccccc21. The van der Waals surface area contributed by atoms with Crippen molar-refractivity contribution in [3.8, 4) is 0 Å². The first kappa shape index (κ1) is 7.98. The normalized spacial score (nSPS) is 15.0. The van der Waals surface area contributed by atoms with Gasteiger partial charge in [0.05, 0.1) is 11.3 Å². The Labute approximate surface area is 76.0 Å². The minimum atomic E-state index is -0.538. The average Bonchev–Trinajstić information content (AvgIpc) is 2.41. The lowest BCUT2D eigenvalue weighted by Gasteiger charge is -2.12. The van der Waals surface area contributed by atoms with E-state index in [0.717, 1.165) is 0 Å². The smallest absolute Gasteiger partial charge is 0.299 e. The third-order valence-electron chi connectivity index (χ3n) is 2.06.